The van der Waals surface area contributed by atoms with Crippen molar-refractivity contribution in [3.8, 4) is 0 Å². The van der Waals surface area contributed by atoms with Gasteiger partial charge < -0.3 is 15.5 Å². The van der Waals surface area contributed by atoms with E-state index in [-0.39, 0.29) is 0 Å². The van der Waals surface area contributed by atoms with Gasteiger partial charge in [-0.2, -0.15) is 0 Å². The third-order valence-electron chi connectivity index (χ3n) is 2.87. The lowest BCUT2D eigenvalue weighted by molar-refractivity contribution is -0.141. The summed E-state index contributed by atoms with van der Waals surface area (Å²) in [4.78, 5) is 23.0. The van der Waals surface area contributed by atoms with Crippen LogP contribution in [0, 0.1) is 5.92 Å². The zero-order chi connectivity index (χ0) is 15.3. The standard InChI is InChI=1S/C15H21NO4/c1-9(2)7-11-5-4-6-12(8-11)14(18)16-13(10(3)17)15(19)20/h4-6,8-10,13,17H,7H2,1-3H3,(H,16,18)(H,19,20)/t10-,13+/m0/s1. The van der Waals surface area contributed by atoms with E-state index in [2.05, 4.69) is 19.2 Å². The lowest BCUT2D eigenvalue weighted by Gasteiger charge is -2.17. The van der Waals surface area contributed by atoms with Crippen LogP contribution in [-0.4, -0.2) is 34.2 Å². The van der Waals surface area contributed by atoms with Gasteiger partial charge in [0.25, 0.3) is 5.91 Å². The van der Waals surface area contributed by atoms with E-state index in [9.17, 15) is 14.7 Å². The monoisotopic (exact) mass is 279 g/mol. The SMILES string of the molecule is CC(C)Cc1cccc(C(=O)N[C@@H](C(=O)O)[C@H](C)O)c1. The van der Waals surface area contributed by atoms with Crippen LogP contribution in [0.25, 0.3) is 0 Å². The fraction of sp³-hybridized carbons (Fsp3) is 0.467. The van der Waals surface area contributed by atoms with Gasteiger partial charge in [0.05, 0.1) is 6.10 Å². The third-order valence-corrected chi connectivity index (χ3v) is 2.87. The molecule has 110 valence electrons. The van der Waals surface area contributed by atoms with Gasteiger partial charge in [-0.05, 0) is 37.0 Å². The largest absolute Gasteiger partial charge is 0.480 e. The lowest BCUT2D eigenvalue weighted by Crippen LogP contribution is -2.47. The Balaban J connectivity index is 2.84. The summed E-state index contributed by atoms with van der Waals surface area (Å²) in [6.45, 7) is 5.50. The Morgan fingerprint density at radius 3 is 2.40 bits per heavy atom. The summed E-state index contributed by atoms with van der Waals surface area (Å²) >= 11 is 0. The maximum absolute atomic E-state index is 12.0. The zero-order valence-corrected chi connectivity index (χ0v) is 12.0. The minimum atomic E-state index is -1.31. The van der Waals surface area contributed by atoms with Crippen molar-refractivity contribution < 1.29 is 19.8 Å². The molecule has 0 spiro atoms. The topological polar surface area (TPSA) is 86.6 Å². The quantitative estimate of drug-likeness (QED) is 0.735. The van der Waals surface area contributed by atoms with E-state index < -0.39 is 24.0 Å². The molecule has 1 aromatic rings. The van der Waals surface area contributed by atoms with Crippen LogP contribution in [0.5, 0.6) is 0 Å². The summed E-state index contributed by atoms with van der Waals surface area (Å²) in [7, 11) is 0. The van der Waals surface area contributed by atoms with Gasteiger partial charge in [-0.3, -0.25) is 4.79 Å². The second-order valence-corrected chi connectivity index (χ2v) is 5.33. The van der Waals surface area contributed by atoms with Gasteiger partial charge in [0.1, 0.15) is 0 Å². The van der Waals surface area contributed by atoms with E-state index in [4.69, 9.17) is 5.11 Å². The van der Waals surface area contributed by atoms with E-state index in [1.807, 2.05) is 6.07 Å². The zero-order valence-electron chi connectivity index (χ0n) is 12.0. The molecule has 0 aliphatic heterocycles. The maximum Gasteiger partial charge on any atom is 0.328 e. The molecule has 0 unspecified atom stereocenters. The number of hydrogen-bond acceptors (Lipinski definition) is 3. The van der Waals surface area contributed by atoms with Crippen molar-refractivity contribution in [2.24, 2.45) is 5.92 Å². The Hall–Kier alpha value is -1.88. The van der Waals surface area contributed by atoms with Crippen molar-refractivity contribution in [2.75, 3.05) is 0 Å². The minimum absolute atomic E-state index is 0.398. The highest BCUT2D eigenvalue weighted by molar-refractivity contribution is 5.96. The number of hydrogen-bond donors (Lipinski definition) is 3. The summed E-state index contributed by atoms with van der Waals surface area (Å²) in [5.74, 6) is -1.28. The number of aliphatic carboxylic acids is 1. The van der Waals surface area contributed by atoms with Crippen molar-refractivity contribution in [3.05, 3.63) is 35.4 Å². The molecule has 0 bridgehead atoms. The number of benzene rings is 1. The molecule has 0 aliphatic carbocycles. The third kappa shape index (κ3) is 4.66. The van der Waals surface area contributed by atoms with E-state index in [0.717, 1.165) is 12.0 Å². The van der Waals surface area contributed by atoms with Crippen molar-refractivity contribution in [3.63, 3.8) is 0 Å². The van der Waals surface area contributed by atoms with Crippen LogP contribution in [0.1, 0.15) is 36.7 Å². The Morgan fingerprint density at radius 1 is 1.25 bits per heavy atom. The number of carboxylic acid groups (broad SMARTS) is 1. The van der Waals surface area contributed by atoms with Crippen LogP contribution in [0.4, 0.5) is 0 Å². The molecule has 0 radical (unpaired) electrons. The van der Waals surface area contributed by atoms with E-state index in [1.54, 1.807) is 18.2 Å². The highest BCUT2D eigenvalue weighted by atomic mass is 16.4. The van der Waals surface area contributed by atoms with Crippen LogP contribution in [0.2, 0.25) is 0 Å². The van der Waals surface area contributed by atoms with Crippen LogP contribution in [0.15, 0.2) is 24.3 Å². The van der Waals surface area contributed by atoms with Gasteiger partial charge >= 0.3 is 5.97 Å². The van der Waals surface area contributed by atoms with Crippen LogP contribution >= 0.6 is 0 Å². The Bertz CT molecular complexity index is 483. The van der Waals surface area contributed by atoms with Crippen LogP contribution in [0.3, 0.4) is 0 Å². The summed E-state index contributed by atoms with van der Waals surface area (Å²) in [5.41, 5.74) is 1.42. The lowest BCUT2D eigenvalue weighted by atomic mass is 10.0. The molecular formula is C15H21NO4. The van der Waals surface area contributed by atoms with Crippen LogP contribution in [-0.2, 0) is 11.2 Å². The number of nitrogens with one attached hydrogen (secondary N) is 1. The van der Waals surface area contributed by atoms with Crippen molar-refractivity contribution in [1.82, 2.24) is 5.32 Å². The highest BCUT2D eigenvalue weighted by Gasteiger charge is 2.25. The Kier molecular flexibility index (Phi) is 5.70. The molecule has 1 amide bonds. The summed E-state index contributed by atoms with van der Waals surface area (Å²) in [5, 5.41) is 20.6. The first-order valence-corrected chi connectivity index (χ1v) is 6.62. The molecule has 1 rings (SSSR count). The number of aliphatic hydroxyl groups is 1. The average molecular weight is 279 g/mol. The molecule has 2 atom stereocenters. The Morgan fingerprint density at radius 2 is 1.90 bits per heavy atom. The second kappa shape index (κ2) is 7.05. The second-order valence-electron chi connectivity index (χ2n) is 5.33. The maximum atomic E-state index is 12.0. The number of amides is 1. The highest BCUT2D eigenvalue weighted by Crippen LogP contribution is 2.11. The van der Waals surface area contributed by atoms with Gasteiger partial charge in [0, 0.05) is 5.56 Å². The fourth-order valence-electron chi connectivity index (χ4n) is 1.92. The number of rotatable bonds is 6. The molecule has 0 saturated heterocycles. The molecule has 0 aromatic heterocycles. The van der Waals surface area contributed by atoms with E-state index >= 15 is 0 Å². The molecule has 20 heavy (non-hydrogen) atoms. The number of carbonyl (C=O) groups is 2. The first-order chi connectivity index (χ1) is 9.31. The predicted molar refractivity (Wildman–Crippen MR) is 75.6 cm³/mol. The Labute approximate surface area is 118 Å². The minimum Gasteiger partial charge on any atom is -0.480 e. The smallest absolute Gasteiger partial charge is 0.328 e. The number of carbonyl (C=O) groups excluding carboxylic acids is 1. The van der Waals surface area contributed by atoms with E-state index in [0.29, 0.717) is 11.5 Å². The molecule has 5 heteroatoms. The first kappa shape index (κ1) is 16.2. The van der Waals surface area contributed by atoms with Gasteiger partial charge in [-0.25, -0.2) is 4.79 Å². The number of aliphatic hydroxyl groups excluding tert-OH is 1. The molecule has 1 aromatic carbocycles. The summed E-state index contributed by atoms with van der Waals surface area (Å²) in [6.07, 6.45) is -0.310. The first-order valence-electron chi connectivity index (χ1n) is 6.62. The molecule has 3 N–H and O–H groups in total. The molecular weight excluding hydrogens is 258 g/mol. The molecule has 0 fully saturated rings. The molecule has 0 aliphatic rings. The average Bonchev–Trinajstić information content (AvgIpc) is 2.34. The van der Waals surface area contributed by atoms with Gasteiger partial charge in [-0.15, -0.1) is 0 Å². The van der Waals surface area contributed by atoms with Crippen molar-refractivity contribution >= 4 is 11.9 Å². The molecule has 0 heterocycles. The predicted octanol–water partition coefficient (Wildman–Crippen LogP) is 1.45. The summed E-state index contributed by atoms with van der Waals surface area (Å²) in [6, 6.07) is 5.76. The summed E-state index contributed by atoms with van der Waals surface area (Å²) < 4.78 is 0. The van der Waals surface area contributed by atoms with Gasteiger partial charge in [0.15, 0.2) is 6.04 Å². The van der Waals surface area contributed by atoms with E-state index in [1.165, 1.54) is 6.92 Å². The van der Waals surface area contributed by atoms with Gasteiger partial charge in [-0.1, -0.05) is 26.0 Å². The fourth-order valence-corrected chi connectivity index (χ4v) is 1.92. The van der Waals surface area contributed by atoms with Crippen LogP contribution < -0.4 is 5.32 Å². The van der Waals surface area contributed by atoms with Crippen molar-refractivity contribution in [1.29, 1.82) is 0 Å². The molecule has 5 nitrogen and oxygen atoms in total. The molecule has 0 saturated carbocycles. The van der Waals surface area contributed by atoms with Gasteiger partial charge in [0.2, 0.25) is 0 Å². The van der Waals surface area contributed by atoms with Crippen molar-refractivity contribution in [2.45, 2.75) is 39.3 Å². The number of carboxylic acids is 1. The normalized spacial score (nSPS) is 13.8.